The monoisotopic (exact) mass is 154 g/mol. The number of rotatable bonds is 2. The first-order chi connectivity index (χ1) is 5.24. The van der Waals surface area contributed by atoms with Crippen LogP contribution in [0.4, 0.5) is 0 Å². The van der Waals surface area contributed by atoms with Gasteiger partial charge in [0.1, 0.15) is 0 Å². The Morgan fingerprint density at radius 1 is 1.82 bits per heavy atom. The average molecular weight is 154 g/mol. The molecule has 0 aromatic rings. The van der Waals surface area contributed by atoms with Gasteiger partial charge in [0.15, 0.2) is 0 Å². The molecule has 3 N–H and O–H groups in total. The van der Waals surface area contributed by atoms with E-state index in [-0.39, 0.29) is 11.7 Å². The zero-order valence-electron chi connectivity index (χ0n) is 6.16. The summed E-state index contributed by atoms with van der Waals surface area (Å²) in [6.07, 6.45) is 4.84. The highest BCUT2D eigenvalue weighted by Crippen LogP contribution is 2.01. The molecule has 11 heavy (non-hydrogen) atoms. The van der Waals surface area contributed by atoms with Crippen LogP contribution in [0, 0.1) is 0 Å². The number of carbonyl (C=O) groups is 1. The predicted octanol–water partition coefficient (Wildman–Crippen LogP) is -0.340. The minimum atomic E-state index is -0.914. The van der Waals surface area contributed by atoms with Crippen molar-refractivity contribution in [1.29, 1.82) is 0 Å². The molecule has 0 spiro atoms. The maximum atomic E-state index is 10.4. The van der Waals surface area contributed by atoms with Gasteiger partial charge < -0.3 is 10.4 Å². The van der Waals surface area contributed by atoms with Crippen molar-refractivity contribution in [3.63, 3.8) is 0 Å². The van der Waals surface area contributed by atoms with Crippen molar-refractivity contribution in [3.8, 4) is 0 Å². The standard InChI is InChI=1S/C7H10N2O2/c1-8-6-3-2-5(4-9-6)7(10)11/h2-4,6,8-9H,1H3,(H,10,11). The Morgan fingerprint density at radius 3 is 2.91 bits per heavy atom. The second kappa shape index (κ2) is 3.21. The minimum Gasteiger partial charge on any atom is -0.478 e. The van der Waals surface area contributed by atoms with Crippen molar-refractivity contribution < 1.29 is 9.90 Å². The van der Waals surface area contributed by atoms with E-state index in [4.69, 9.17) is 5.11 Å². The summed E-state index contributed by atoms with van der Waals surface area (Å²) in [5.74, 6) is -0.914. The zero-order chi connectivity index (χ0) is 8.27. The molecule has 1 aliphatic rings. The van der Waals surface area contributed by atoms with Gasteiger partial charge in [0, 0.05) is 6.20 Å². The molecular formula is C7H10N2O2. The van der Waals surface area contributed by atoms with Crippen molar-refractivity contribution in [2.24, 2.45) is 0 Å². The van der Waals surface area contributed by atoms with Crippen LogP contribution in [0.1, 0.15) is 0 Å². The molecular weight excluding hydrogens is 144 g/mol. The van der Waals surface area contributed by atoms with Gasteiger partial charge in [-0.2, -0.15) is 0 Å². The van der Waals surface area contributed by atoms with Gasteiger partial charge in [-0.05, 0) is 19.2 Å². The Hall–Kier alpha value is -1.29. The SMILES string of the molecule is CNC1C=CC(C(=O)O)=CN1. The first-order valence-electron chi connectivity index (χ1n) is 3.29. The molecule has 1 atom stereocenters. The number of carboxylic acids is 1. The summed E-state index contributed by atoms with van der Waals surface area (Å²) in [4.78, 5) is 10.4. The first-order valence-corrected chi connectivity index (χ1v) is 3.29. The lowest BCUT2D eigenvalue weighted by Gasteiger charge is -2.15. The first kappa shape index (κ1) is 7.81. The van der Waals surface area contributed by atoms with Crippen molar-refractivity contribution in [2.45, 2.75) is 6.17 Å². The number of dihydropyridines is 1. The van der Waals surface area contributed by atoms with Crippen molar-refractivity contribution >= 4 is 5.97 Å². The van der Waals surface area contributed by atoms with Crippen molar-refractivity contribution in [3.05, 3.63) is 23.9 Å². The molecule has 60 valence electrons. The van der Waals surface area contributed by atoms with Crippen LogP contribution < -0.4 is 10.6 Å². The summed E-state index contributed by atoms with van der Waals surface area (Å²) >= 11 is 0. The fraction of sp³-hybridized carbons (Fsp3) is 0.286. The molecule has 0 radical (unpaired) electrons. The average Bonchev–Trinajstić information content (AvgIpc) is 2.05. The van der Waals surface area contributed by atoms with Crippen LogP contribution in [-0.4, -0.2) is 24.3 Å². The highest BCUT2D eigenvalue weighted by molar-refractivity contribution is 5.89. The molecule has 0 amide bonds. The largest absolute Gasteiger partial charge is 0.478 e. The topological polar surface area (TPSA) is 61.4 Å². The van der Waals surface area contributed by atoms with E-state index in [1.807, 2.05) is 0 Å². The molecule has 1 heterocycles. The molecule has 0 saturated heterocycles. The Kier molecular flexibility index (Phi) is 2.28. The maximum absolute atomic E-state index is 10.4. The minimum absolute atomic E-state index is 0.0399. The Labute approximate surface area is 64.6 Å². The molecule has 4 heteroatoms. The van der Waals surface area contributed by atoms with Crippen LogP contribution in [0.2, 0.25) is 0 Å². The number of carboxylic acid groups (broad SMARTS) is 1. The molecule has 0 aromatic heterocycles. The summed E-state index contributed by atoms with van der Waals surface area (Å²) < 4.78 is 0. The lowest BCUT2D eigenvalue weighted by Crippen LogP contribution is -2.37. The third kappa shape index (κ3) is 1.81. The zero-order valence-corrected chi connectivity index (χ0v) is 6.16. The van der Waals surface area contributed by atoms with Gasteiger partial charge in [-0.3, -0.25) is 5.32 Å². The Balaban J connectivity index is 2.60. The van der Waals surface area contributed by atoms with Gasteiger partial charge >= 0.3 is 5.97 Å². The fourth-order valence-electron chi connectivity index (χ4n) is 0.796. The molecule has 0 saturated carbocycles. The molecule has 1 rings (SSSR count). The van der Waals surface area contributed by atoms with E-state index in [1.165, 1.54) is 6.20 Å². The number of nitrogens with one attached hydrogen (secondary N) is 2. The van der Waals surface area contributed by atoms with Crippen LogP contribution in [0.15, 0.2) is 23.9 Å². The van der Waals surface area contributed by atoms with Crippen LogP contribution in [-0.2, 0) is 4.79 Å². The second-order valence-electron chi connectivity index (χ2n) is 2.20. The molecule has 0 fully saturated rings. The highest BCUT2D eigenvalue weighted by Gasteiger charge is 2.08. The van der Waals surface area contributed by atoms with E-state index < -0.39 is 5.97 Å². The third-order valence-corrected chi connectivity index (χ3v) is 1.44. The van der Waals surface area contributed by atoms with E-state index in [0.717, 1.165) is 0 Å². The van der Waals surface area contributed by atoms with Crippen LogP contribution in [0.5, 0.6) is 0 Å². The molecule has 0 aliphatic carbocycles. The summed E-state index contributed by atoms with van der Waals surface area (Å²) in [5, 5.41) is 14.3. The second-order valence-corrected chi connectivity index (χ2v) is 2.20. The van der Waals surface area contributed by atoms with E-state index in [9.17, 15) is 4.79 Å². The molecule has 4 nitrogen and oxygen atoms in total. The fourth-order valence-corrected chi connectivity index (χ4v) is 0.796. The van der Waals surface area contributed by atoms with Gasteiger partial charge in [-0.1, -0.05) is 0 Å². The third-order valence-electron chi connectivity index (χ3n) is 1.44. The Bertz CT molecular complexity index is 220. The van der Waals surface area contributed by atoms with Crippen LogP contribution >= 0.6 is 0 Å². The maximum Gasteiger partial charge on any atom is 0.337 e. The van der Waals surface area contributed by atoms with Crippen LogP contribution in [0.3, 0.4) is 0 Å². The van der Waals surface area contributed by atoms with Gasteiger partial charge in [0.2, 0.25) is 0 Å². The highest BCUT2D eigenvalue weighted by atomic mass is 16.4. The van der Waals surface area contributed by atoms with E-state index >= 15 is 0 Å². The van der Waals surface area contributed by atoms with Crippen molar-refractivity contribution in [1.82, 2.24) is 10.6 Å². The van der Waals surface area contributed by atoms with Gasteiger partial charge in [-0.15, -0.1) is 0 Å². The Morgan fingerprint density at radius 2 is 2.55 bits per heavy atom. The predicted molar refractivity (Wildman–Crippen MR) is 40.8 cm³/mol. The summed E-state index contributed by atoms with van der Waals surface area (Å²) in [6, 6.07) is 0. The van der Waals surface area contributed by atoms with Gasteiger partial charge in [0.25, 0.3) is 0 Å². The number of aliphatic carboxylic acids is 1. The van der Waals surface area contributed by atoms with Gasteiger partial charge in [0.05, 0.1) is 11.7 Å². The number of hydrogen-bond donors (Lipinski definition) is 3. The molecule has 0 bridgehead atoms. The normalized spacial score (nSPS) is 22.3. The van der Waals surface area contributed by atoms with E-state index in [1.54, 1.807) is 19.2 Å². The number of hydrogen-bond acceptors (Lipinski definition) is 3. The van der Waals surface area contributed by atoms with E-state index in [2.05, 4.69) is 10.6 Å². The quantitative estimate of drug-likeness (QED) is 0.509. The van der Waals surface area contributed by atoms with Crippen molar-refractivity contribution in [2.75, 3.05) is 7.05 Å². The lowest BCUT2D eigenvalue weighted by molar-refractivity contribution is -0.132. The molecule has 0 aromatic carbocycles. The van der Waals surface area contributed by atoms with E-state index in [0.29, 0.717) is 0 Å². The summed E-state index contributed by atoms with van der Waals surface area (Å²) in [6.45, 7) is 0. The summed E-state index contributed by atoms with van der Waals surface area (Å²) in [7, 11) is 1.79. The van der Waals surface area contributed by atoms with Gasteiger partial charge in [-0.25, -0.2) is 4.79 Å². The summed E-state index contributed by atoms with van der Waals surface area (Å²) in [5.41, 5.74) is 0.275. The number of likely N-dealkylation sites (N-methyl/N-ethyl adjacent to an activating group) is 1. The lowest BCUT2D eigenvalue weighted by atomic mass is 10.2. The molecule has 1 aliphatic heterocycles. The van der Waals surface area contributed by atoms with Crippen LogP contribution in [0.25, 0.3) is 0 Å². The molecule has 1 unspecified atom stereocenters. The smallest absolute Gasteiger partial charge is 0.337 e.